The van der Waals surface area contributed by atoms with Crippen LogP contribution in [-0.4, -0.2) is 23.5 Å². The summed E-state index contributed by atoms with van der Waals surface area (Å²) in [5.74, 6) is -0.521. The van der Waals surface area contributed by atoms with Gasteiger partial charge in [-0.1, -0.05) is 29.5 Å². The molecule has 0 spiro atoms. The Morgan fingerprint density at radius 1 is 1.24 bits per heavy atom. The lowest BCUT2D eigenvalue weighted by Crippen LogP contribution is -2.15. The van der Waals surface area contributed by atoms with Crippen LogP contribution in [0.3, 0.4) is 0 Å². The number of anilines is 1. The molecule has 1 amide bonds. The van der Waals surface area contributed by atoms with Crippen LogP contribution in [0, 0.1) is 6.92 Å². The minimum Gasteiger partial charge on any atom is -0.462 e. The summed E-state index contributed by atoms with van der Waals surface area (Å²) in [7, 11) is 0. The van der Waals surface area contributed by atoms with Crippen molar-refractivity contribution in [3.63, 3.8) is 0 Å². The van der Waals surface area contributed by atoms with Crippen LogP contribution in [0.5, 0.6) is 0 Å². The lowest BCUT2D eigenvalue weighted by Gasteiger charge is -2.16. The number of rotatable bonds is 5. The van der Waals surface area contributed by atoms with Gasteiger partial charge in [0.2, 0.25) is 5.91 Å². The maximum absolute atomic E-state index is 12.3. The molecule has 1 aliphatic carbocycles. The number of hydrogen-bond acceptors (Lipinski definition) is 5. The standard InChI is InChI=1S/C19H22N2O3S/c1-3-24-18(23)17-12(2)20-19(25-17)21-16(22)11-13-8-9-14-6-4-5-7-15(14)10-13/h8-10H,3-7,11H2,1-2H3,(H,20,21,22). The molecule has 5 nitrogen and oxygen atoms in total. The minimum atomic E-state index is -0.396. The molecular formula is C19H22N2O3S. The summed E-state index contributed by atoms with van der Waals surface area (Å²) < 4.78 is 4.99. The Labute approximate surface area is 151 Å². The Morgan fingerprint density at radius 3 is 2.76 bits per heavy atom. The number of ether oxygens (including phenoxy) is 1. The number of aryl methyl sites for hydroxylation is 3. The predicted molar refractivity (Wildman–Crippen MR) is 98.2 cm³/mol. The molecule has 132 valence electrons. The van der Waals surface area contributed by atoms with Gasteiger partial charge in [0, 0.05) is 0 Å². The zero-order chi connectivity index (χ0) is 17.8. The second kappa shape index (κ2) is 7.78. The molecule has 1 heterocycles. The van der Waals surface area contributed by atoms with Crippen molar-refractivity contribution in [1.29, 1.82) is 0 Å². The van der Waals surface area contributed by atoms with Crippen LogP contribution in [0.4, 0.5) is 5.13 Å². The molecule has 0 atom stereocenters. The van der Waals surface area contributed by atoms with Gasteiger partial charge in [-0.25, -0.2) is 9.78 Å². The van der Waals surface area contributed by atoms with Crippen LogP contribution in [0.15, 0.2) is 18.2 Å². The second-order valence-electron chi connectivity index (χ2n) is 6.19. The third-order valence-corrected chi connectivity index (χ3v) is 5.33. The first kappa shape index (κ1) is 17.6. The van der Waals surface area contributed by atoms with Crippen LogP contribution in [0.1, 0.15) is 51.8 Å². The monoisotopic (exact) mass is 358 g/mol. The smallest absolute Gasteiger partial charge is 0.350 e. The molecule has 25 heavy (non-hydrogen) atoms. The molecule has 0 bridgehead atoms. The third-order valence-electron chi connectivity index (χ3n) is 4.28. The lowest BCUT2D eigenvalue weighted by molar-refractivity contribution is -0.115. The van der Waals surface area contributed by atoms with Gasteiger partial charge in [0.05, 0.1) is 18.7 Å². The minimum absolute atomic E-state index is 0.125. The highest BCUT2D eigenvalue weighted by Gasteiger charge is 2.18. The number of carbonyl (C=O) groups is 2. The van der Waals surface area contributed by atoms with Gasteiger partial charge in [0.1, 0.15) is 4.88 Å². The van der Waals surface area contributed by atoms with Crippen LogP contribution in [0.25, 0.3) is 0 Å². The van der Waals surface area contributed by atoms with E-state index < -0.39 is 5.97 Å². The van der Waals surface area contributed by atoms with Crippen molar-refractivity contribution in [3.05, 3.63) is 45.5 Å². The van der Waals surface area contributed by atoms with E-state index in [-0.39, 0.29) is 5.91 Å². The van der Waals surface area contributed by atoms with E-state index in [1.54, 1.807) is 13.8 Å². The SMILES string of the molecule is CCOC(=O)c1sc(NC(=O)Cc2ccc3c(c2)CCCC3)nc1C. The number of aromatic nitrogens is 1. The molecule has 0 fully saturated rings. The zero-order valence-corrected chi connectivity index (χ0v) is 15.4. The number of hydrogen-bond donors (Lipinski definition) is 1. The largest absolute Gasteiger partial charge is 0.462 e. The van der Waals surface area contributed by atoms with Gasteiger partial charge in [0.25, 0.3) is 0 Å². The molecule has 3 rings (SSSR count). The van der Waals surface area contributed by atoms with E-state index in [9.17, 15) is 9.59 Å². The molecule has 2 aromatic rings. The van der Waals surface area contributed by atoms with Gasteiger partial charge < -0.3 is 10.1 Å². The number of amides is 1. The predicted octanol–water partition coefficient (Wildman–Crippen LogP) is 3.69. The van der Waals surface area contributed by atoms with E-state index in [1.165, 1.54) is 24.0 Å². The summed E-state index contributed by atoms with van der Waals surface area (Å²) in [4.78, 5) is 28.8. The Kier molecular flexibility index (Phi) is 5.48. The molecule has 1 aromatic heterocycles. The highest BCUT2D eigenvalue weighted by atomic mass is 32.1. The summed E-state index contributed by atoms with van der Waals surface area (Å²) in [6.45, 7) is 3.81. The molecule has 0 saturated heterocycles. The maximum Gasteiger partial charge on any atom is 0.350 e. The van der Waals surface area contributed by atoms with Crippen molar-refractivity contribution in [3.8, 4) is 0 Å². The molecular weight excluding hydrogens is 336 g/mol. The summed E-state index contributed by atoms with van der Waals surface area (Å²) in [6, 6.07) is 6.32. The first-order chi connectivity index (χ1) is 12.1. The highest BCUT2D eigenvalue weighted by molar-refractivity contribution is 7.17. The fraction of sp³-hybridized carbons (Fsp3) is 0.421. The molecule has 0 radical (unpaired) electrons. The zero-order valence-electron chi connectivity index (χ0n) is 14.6. The second-order valence-corrected chi connectivity index (χ2v) is 7.19. The van der Waals surface area contributed by atoms with Crippen LogP contribution in [0.2, 0.25) is 0 Å². The Hall–Kier alpha value is -2.21. The highest BCUT2D eigenvalue weighted by Crippen LogP contribution is 2.25. The summed E-state index contributed by atoms with van der Waals surface area (Å²) in [6.07, 6.45) is 5.01. The molecule has 1 N–H and O–H groups in total. The van der Waals surface area contributed by atoms with Crippen molar-refractivity contribution in [2.75, 3.05) is 11.9 Å². The Balaban J connectivity index is 1.65. The number of nitrogens with one attached hydrogen (secondary N) is 1. The summed E-state index contributed by atoms with van der Waals surface area (Å²) >= 11 is 1.15. The van der Waals surface area contributed by atoms with Crippen LogP contribution in [-0.2, 0) is 28.8 Å². The quantitative estimate of drug-likeness (QED) is 0.828. The van der Waals surface area contributed by atoms with E-state index in [2.05, 4.69) is 22.4 Å². The molecule has 6 heteroatoms. The lowest BCUT2D eigenvalue weighted by atomic mass is 9.90. The molecule has 0 unspecified atom stereocenters. The van der Waals surface area contributed by atoms with E-state index in [4.69, 9.17) is 4.74 Å². The first-order valence-corrected chi connectivity index (χ1v) is 9.43. The van der Waals surface area contributed by atoms with E-state index in [1.807, 2.05) is 6.07 Å². The van der Waals surface area contributed by atoms with Crippen molar-refractivity contribution in [1.82, 2.24) is 4.98 Å². The van der Waals surface area contributed by atoms with Crippen molar-refractivity contribution in [2.45, 2.75) is 46.0 Å². The van der Waals surface area contributed by atoms with Gasteiger partial charge in [-0.2, -0.15) is 0 Å². The number of thiazole rings is 1. The van der Waals surface area contributed by atoms with Crippen molar-refractivity contribution < 1.29 is 14.3 Å². The summed E-state index contributed by atoms with van der Waals surface area (Å²) in [5, 5.41) is 3.22. The normalized spacial score (nSPS) is 13.2. The number of esters is 1. The van der Waals surface area contributed by atoms with Gasteiger partial charge in [-0.15, -0.1) is 0 Å². The fourth-order valence-electron chi connectivity index (χ4n) is 3.08. The maximum atomic E-state index is 12.3. The number of carbonyl (C=O) groups excluding carboxylic acids is 2. The average molecular weight is 358 g/mol. The summed E-state index contributed by atoms with van der Waals surface area (Å²) in [5.41, 5.74) is 4.36. The molecule has 1 aliphatic rings. The van der Waals surface area contributed by atoms with Gasteiger partial charge in [0.15, 0.2) is 5.13 Å². The number of benzene rings is 1. The third kappa shape index (κ3) is 4.25. The van der Waals surface area contributed by atoms with Gasteiger partial charge in [-0.05, 0) is 56.2 Å². The van der Waals surface area contributed by atoms with Crippen LogP contribution >= 0.6 is 11.3 Å². The first-order valence-electron chi connectivity index (χ1n) is 8.62. The van der Waals surface area contributed by atoms with Crippen molar-refractivity contribution in [2.24, 2.45) is 0 Å². The fourth-order valence-corrected chi connectivity index (χ4v) is 3.96. The Morgan fingerprint density at radius 2 is 2.00 bits per heavy atom. The molecule has 1 aromatic carbocycles. The van der Waals surface area contributed by atoms with Crippen LogP contribution < -0.4 is 5.32 Å². The topological polar surface area (TPSA) is 68.3 Å². The number of nitrogens with zero attached hydrogens (tertiary/aromatic N) is 1. The molecule has 0 saturated carbocycles. The van der Waals surface area contributed by atoms with Gasteiger partial charge in [-0.3, -0.25) is 4.79 Å². The Bertz CT molecular complexity index is 798. The number of fused-ring (bicyclic) bond motifs is 1. The van der Waals surface area contributed by atoms with E-state index >= 15 is 0 Å². The van der Waals surface area contributed by atoms with Gasteiger partial charge >= 0.3 is 5.97 Å². The van der Waals surface area contributed by atoms with E-state index in [0.717, 1.165) is 29.7 Å². The van der Waals surface area contributed by atoms with E-state index in [0.29, 0.717) is 28.7 Å². The molecule has 0 aliphatic heterocycles. The van der Waals surface area contributed by atoms with Crippen molar-refractivity contribution >= 4 is 28.3 Å². The average Bonchev–Trinajstić information content (AvgIpc) is 2.95.